The minimum atomic E-state index is -0.620. The highest BCUT2D eigenvalue weighted by atomic mass is 79.9. The van der Waals surface area contributed by atoms with Crippen LogP contribution < -0.4 is 4.74 Å². The number of ether oxygens (including phenoxy) is 1. The topological polar surface area (TPSA) is 102 Å². The predicted octanol–water partition coefficient (Wildman–Crippen LogP) is 2.81. The molecule has 19 heavy (non-hydrogen) atoms. The van der Waals surface area contributed by atoms with Crippen LogP contribution in [0.4, 0.5) is 5.69 Å². The molecule has 0 bridgehead atoms. The third kappa shape index (κ3) is 2.83. The summed E-state index contributed by atoms with van der Waals surface area (Å²) in [5.74, 6) is 0.159. The van der Waals surface area contributed by atoms with Crippen molar-refractivity contribution in [1.29, 1.82) is 5.26 Å². The number of nitriles is 1. The largest absolute Gasteiger partial charge is 0.431 e. The summed E-state index contributed by atoms with van der Waals surface area (Å²) in [6.07, 6.45) is 2.72. The molecule has 7 nitrogen and oxygen atoms in total. The first-order valence-corrected chi connectivity index (χ1v) is 5.73. The van der Waals surface area contributed by atoms with Gasteiger partial charge in [0, 0.05) is 12.3 Å². The molecule has 0 spiro atoms. The smallest absolute Gasteiger partial charge is 0.312 e. The molecule has 1 heterocycles. The first-order valence-electron chi connectivity index (χ1n) is 4.93. The number of nitro benzene ring substituents is 1. The molecule has 1 aromatic carbocycles. The van der Waals surface area contributed by atoms with Gasteiger partial charge in [0.2, 0.25) is 11.6 Å². The molecule has 8 heteroatoms. The maximum Gasteiger partial charge on any atom is 0.312 e. The van der Waals surface area contributed by atoms with E-state index in [4.69, 9.17) is 10.00 Å². The van der Waals surface area contributed by atoms with Crippen molar-refractivity contribution in [2.45, 2.75) is 0 Å². The zero-order valence-corrected chi connectivity index (χ0v) is 10.9. The predicted molar refractivity (Wildman–Crippen MR) is 67.6 cm³/mol. The summed E-state index contributed by atoms with van der Waals surface area (Å²) in [5, 5.41) is 19.7. The van der Waals surface area contributed by atoms with Crippen LogP contribution >= 0.6 is 15.9 Å². The molecule has 0 aliphatic heterocycles. The fraction of sp³-hybridized carbons (Fsp3) is 0. The zero-order valence-electron chi connectivity index (χ0n) is 9.28. The van der Waals surface area contributed by atoms with E-state index in [2.05, 4.69) is 25.9 Å². The SMILES string of the molecule is N#Cc1ccc(Oc2ncncc2Br)c([N+](=O)[O-])c1. The van der Waals surface area contributed by atoms with Gasteiger partial charge < -0.3 is 4.74 Å². The Morgan fingerprint density at radius 2 is 2.26 bits per heavy atom. The summed E-state index contributed by atoms with van der Waals surface area (Å²) in [4.78, 5) is 17.9. The molecular formula is C11H5BrN4O3. The molecule has 0 aliphatic carbocycles. The van der Waals surface area contributed by atoms with Crippen LogP contribution in [-0.4, -0.2) is 14.9 Å². The van der Waals surface area contributed by atoms with Crippen molar-refractivity contribution in [3.63, 3.8) is 0 Å². The average Bonchev–Trinajstić information content (AvgIpc) is 2.41. The normalized spacial score (nSPS) is 9.68. The van der Waals surface area contributed by atoms with Gasteiger partial charge in [0.15, 0.2) is 0 Å². The summed E-state index contributed by atoms with van der Waals surface area (Å²) in [6.45, 7) is 0. The van der Waals surface area contributed by atoms with Crippen molar-refractivity contribution in [1.82, 2.24) is 9.97 Å². The van der Waals surface area contributed by atoms with E-state index in [1.807, 2.05) is 6.07 Å². The average molecular weight is 321 g/mol. The van der Waals surface area contributed by atoms with E-state index in [1.165, 1.54) is 24.7 Å². The van der Waals surface area contributed by atoms with Gasteiger partial charge in [0.05, 0.1) is 21.0 Å². The van der Waals surface area contributed by atoms with Gasteiger partial charge in [0.25, 0.3) is 0 Å². The molecule has 0 saturated carbocycles. The van der Waals surface area contributed by atoms with Crippen molar-refractivity contribution < 1.29 is 9.66 Å². The summed E-state index contributed by atoms with van der Waals surface area (Å²) < 4.78 is 5.82. The quantitative estimate of drug-likeness (QED) is 0.636. The molecule has 0 fully saturated rings. The summed E-state index contributed by atoms with van der Waals surface area (Å²) in [5.41, 5.74) is -0.120. The van der Waals surface area contributed by atoms with Gasteiger partial charge in [-0.25, -0.2) is 9.97 Å². The third-order valence-electron chi connectivity index (χ3n) is 2.13. The first-order chi connectivity index (χ1) is 9.11. The minimum absolute atomic E-state index is 0.00315. The lowest BCUT2D eigenvalue weighted by atomic mass is 10.2. The fourth-order valence-electron chi connectivity index (χ4n) is 1.30. The third-order valence-corrected chi connectivity index (χ3v) is 2.67. The first kappa shape index (κ1) is 12.9. The van der Waals surface area contributed by atoms with Crippen LogP contribution in [0.5, 0.6) is 11.6 Å². The Hall–Kier alpha value is -2.53. The van der Waals surface area contributed by atoms with E-state index in [1.54, 1.807) is 0 Å². The van der Waals surface area contributed by atoms with Gasteiger partial charge in [-0.1, -0.05) is 0 Å². The van der Waals surface area contributed by atoms with Crippen LogP contribution in [0.15, 0.2) is 35.2 Å². The van der Waals surface area contributed by atoms with Crippen molar-refractivity contribution >= 4 is 21.6 Å². The molecule has 2 aromatic rings. The molecule has 0 unspecified atom stereocenters. The van der Waals surface area contributed by atoms with Gasteiger partial charge in [-0.3, -0.25) is 10.1 Å². The number of nitro groups is 1. The summed E-state index contributed by atoms with van der Waals surface area (Å²) in [7, 11) is 0. The summed E-state index contributed by atoms with van der Waals surface area (Å²) in [6, 6.07) is 5.75. The van der Waals surface area contributed by atoms with Crippen molar-refractivity contribution in [3.8, 4) is 17.7 Å². The number of rotatable bonds is 3. The molecule has 0 atom stereocenters. The Kier molecular flexibility index (Phi) is 3.68. The Morgan fingerprint density at radius 1 is 1.47 bits per heavy atom. The monoisotopic (exact) mass is 320 g/mol. The van der Waals surface area contributed by atoms with E-state index in [-0.39, 0.29) is 22.9 Å². The van der Waals surface area contributed by atoms with Crippen LogP contribution in [0.25, 0.3) is 0 Å². The van der Waals surface area contributed by atoms with Crippen LogP contribution in [0, 0.1) is 21.4 Å². The van der Waals surface area contributed by atoms with Crippen LogP contribution in [0.2, 0.25) is 0 Å². The number of benzene rings is 1. The molecule has 0 amide bonds. The lowest BCUT2D eigenvalue weighted by Gasteiger charge is -2.06. The second-order valence-corrected chi connectivity index (χ2v) is 4.18. The van der Waals surface area contributed by atoms with Crippen LogP contribution in [0.1, 0.15) is 5.56 Å². The van der Waals surface area contributed by atoms with Crippen LogP contribution in [-0.2, 0) is 0 Å². The van der Waals surface area contributed by atoms with Crippen molar-refractivity contribution in [2.75, 3.05) is 0 Å². The fourth-order valence-corrected chi connectivity index (χ4v) is 1.60. The second-order valence-electron chi connectivity index (χ2n) is 3.33. The van der Waals surface area contributed by atoms with E-state index in [0.717, 1.165) is 6.07 Å². The highest BCUT2D eigenvalue weighted by Crippen LogP contribution is 2.33. The van der Waals surface area contributed by atoms with Gasteiger partial charge in [-0.2, -0.15) is 5.26 Å². The van der Waals surface area contributed by atoms with Gasteiger partial charge in [-0.05, 0) is 28.1 Å². The molecule has 94 valence electrons. The van der Waals surface area contributed by atoms with Crippen molar-refractivity contribution in [2.24, 2.45) is 0 Å². The maximum atomic E-state index is 10.9. The van der Waals surface area contributed by atoms with E-state index >= 15 is 0 Å². The Balaban J connectivity index is 2.43. The Bertz CT molecular complexity index is 684. The van der Waals surface area contributed by atoms with E-state index < -0.39 is 4.92 Å². The number of halogens is 1. The second kappa shape index (κ2) is 5.41. The Morgan fingerprint density at radius 3 is 2.89 bits per heavy atom. The van der Waals surface area contributed by atoms with E-state index in [9.17, 15) is 10.1 Å². The molecule has 0 aliphatic rings. The molecule has 2 rings (SSSR count). The number of nitrogens with zero attached hydrogens (tertiary/aromatic N) is 4. The zero-order chi connectivity index (χ0) is 13.8. The number of hydrogen-bond acceptors (Lipinski definition) is 6. The highest BCUT2D eigenvalue weighted by molar-refractivity contribution is 9.10. The molecule has 1 aromatic heterocycles. The van der Waals surface area contributed by atoms with Gasteiger partial charge in [-0.15, -0.1) is 0 Å². The van der Waals surface area contributed by atoms with Crippen molar-refractivity contribution in [3.05, 3.63) is 50.9 Å². The summed E-state index contributed by atoms with van der Waals surface area (Å²) >= 11 is 3.17. The molecule has 0 N–H and O–H groups in total. The number of hydrogen-bond donors (Lipinski definition) is 0. The van der Waals surface area contributed by atoms with Crippen LogP contribution in [0.3, 0.4) is 0 Å². The Labute approximate surface area is 115 Å². The molecule has 0 saturated heterocycles. The van der Waals surface area contributed by atoms with Gasteiger partial charge in [0.1, 0.15) is 6.33 Å². The maximum absolute atomic E-state index is 10.9. The lowest BCUT2D eigenvalue weighted by Crippen LogP contribution is -1.96. The van der Waals surface area contributed by atoms with Gasteiger partial charge >= 0.3 is 5.69 Å². The highest BCUT2D eigenvalue weighted by Gasteiger charge is 2.18. The van der Waals surface area contributed by atoms with E-state index in [0.29, 0.717) is 4.47 Å². The number of aromatic nitrogens is 2. The molecule has 0 radical (unpaired) electrons. The molecular weight excluding hydrogens is 316 g/mol. The standard InChI is InChI=1S/C11H5BrN4O3/c12-8-5-14-6-15-11(8)19-10-2-1-7(4-13)3-9(10)16(17)18/h1-3,5-6H. The minimum Gasteiger partial charge on any atom is -0.431 e. The lowest BCUT2D eigenvalue weighted by molar-refractivity contribution is -0.385.